The summed E-state index contributed by atoms with van der Waals surface area (Å²) in [6.07, 6.45) is 0.897. The van der Waals surface area contributed by atoms with Crippen molar-refractivity contribution in [1.82, 2.24) is 14.7 Å². The zero-order chi connectivity index (χ0) is 17.4. The number of carbonyl (C=O) groups is 1. The lowest BCUT2D eigenvalue weighted by atomic mass is 10.1. The molecule has 2 N–H and O–H groups in total. The second-order valence-electron chi connectivity index (χ2n) is 6.65. The molecule has 1 saturated heterocycles. The molecule has 1 amide bonds. The molecule has 2 unspecified atom stereocenters. The molecule has 136 valence electrons. The first-order valence-electron chi connectivity index (χ1n) is 8.25. The highest BCUT2D eigenvalue weighted by Crippen LogP contribution is 2.25. The number of hydrogen-bond acceptors (Lipinski definition) is 3. The molecule has 25 heavy (non-hydrogen) atoms. The van der Waals surface area contributed by atoms with Gasteiger partial charge in [0, 0.05) is 23.8 Å². The van der Waals surface area contributed by atoms with Gasteiger partial charge in [-0.2, -0.15) is 5.10 Å². The van der Waals surface area contributed by atoms with E-state index < -0.39 is 5.82 Å². The van der Waals surface area contributed by atoms with E-state index in [4.69, 9.17) is 5.73 Å². The van der Waals surface area contributed by atoms with Gasteiger partial charge in [-0.3, -0.25) is 4.79 Å². The zero-order valence-corrected chi connectivity index (χ0v) is 15.5. The number of rotatable bonds is 3. The minimum Gasteiger partial charge on any atom is -0.336 e. The molecule has 1 fully saturated rings. The van der Waals surface area contributed by atoms with Gasteiger partial charge in [0.1, 0.15) is 11.5 Å². The number of aryl methyl sites for hydroxylation is 2. The Morgan fingerprint density at radius 1 is 1.36 bits per heavy atom. The number of hydrogen-bond donors (Lipinski definition) is 1. The average Bonchev–Trinajstić information content (AvgIpc) is 3.08. The van der Waals surface area contributed by atoms with Crippen molar-refractivity contribution in [2.45, 2.75) is 33.2 Å². The van der Waals surface area contributed by atoms with Crippen molar-refractivity contribution in [3.63, 3.8) is 0 Å². The number of benzene rings is 1. The molecule has 1 aliphatic heterocycles. The third kappa shape index (κ3) is 3.70. The van der Waals surface area contributed by atoms with E-state index in [1.165, 1.54) is 6.07 Å². The molecule has 1 aromatic carbocycles. The van der Waals surface area contributed by atoms with Crippen LogP contribution in [0.1, 0.15) is 35.1 Å². The van der Waals surface area contributed by atoms with E-state index >= 15 is 0 Å². The highest BCUT2D eigenvalue weighted by atomic mass is 35.5. The Morgan fingerprint density at radius 3 is 2.60 bits per heavy atom. The molecular formula is C18H24ClFN4O. The number of halogens is 2. The predicted molar refractivity (Wildman–Crippen MR) is 97.9 cm³/mol. The number of likely N-dealkylation sites (tertiary alicyclic amines) is 1. The van der Waals surface area contributed by atoms with Crippen LogP contribution in [0, 0.1) is 25.6 Å². The van der Waals surface area contributed by atoms with Crippen LogP contribution in [-0.2, 0) is 0 Å². The van der Waals surface area contributed by atoms with E-state index in [0.717, 1.165) is 17.8 Å². The summed E-state index contributed by atoms with van der Waals surface area (Å²) in [7, 11) is 0. The van der Waals surface area contributed by atoms with E-state index in [9.17, 15) is 9.18 Å². The Bertz CT molecular complexity index is 776. The fourth-order valence-corrected chi connectivity index (χ4v) is 3.45. The van der Waals surface area contributed by atoms with Gasteiger partial charge in [0.2, 0.25) is 0 Å². The molecule has 2 atom stereocenters. The molecule has 3 rings (SSSR count). The fraction of sp³-hybridized carbons (Fsp3) is 0.444. The minimum absolute atomic E-state index is 0. The summed E-state index contributed by atoms with van der Waals surface area (Å²) in [4.78, 5) is 14.5. The van der Waals surface area contributed by atoms with Gasteiger partial charge < -0.3 is 10.6 Å². The average molecular weight is 367 g/mol. The van der Waals surface area contributed by atoms with E-state index in [0.29, 0.717) is 30.3 Å². The summed E-state index contributed by atoms with van der Waals surface area (Å²) in [5, 5.41) is 4.29. The maximum Gasteiger partial charge on any atom is 0.254 e. The van der Waals surface area contributed by atoms with Crippen LogP contribution in [0.15, 0.2) is 24.3 Å². The van der Waals surface area contributed by atoms with Crippen molar-refractivity contribution >= 4 is 18.3 Å². The maximum absolute atomic E-state index is 14.6. The molecule has 0 spiro atoms. The van der Waals surface area contributed by atoms with Crippen molar-refractivity contribution in [3.8, 4) is 5.69 Å². The number of carbonyl (C=O) groups excluding carboxylic acids is 1. The van der Waals surface area contributed by atoms with Crippen LogP contribution in [0.2, 0.25) is 0 Å². The van der Waals surface area contributed by atoms with Crippen molar-refractivity contribution in [2.24, 2.45) is 11.7 Å². The van der Waals surface area contributed by atoms with Crippen LogP contribution < -0.4 is 5.73 Å². The van der Waals surface area contributed by atoms with Crippen LogP contribution in [0.25, 0.3) is 5.69 Å². The quantitative estimate of drug-likeness (QED) is 0.908. The lowest BCUT2D eigenvalue weighted by Crippen LogP contribution is -2.34. The summed E-state index contributed by atoms with van der Waals surface area (Å²) >= 11 is 0. The molecule has 0 bridgehead atoms. The number of aromatic nitrogens is 2. The van der Waals surface area contributed by atoms with Gasteiger partial charge in [-0.05, 0) is 63.9 Å². The molecule has 0 saturated carbocycles. The molecule has 0 aliphatic carbocycles. The van der Waals surface area contributed by atoms with Crippen molar-refractivity contribution in [3.05, 3.63) is 47.0 Å². The second kappa shape index (κ2) is 7.54. The zero-order valence-electron chi connectivity index (χ0n) is 14.7. The molecular weight excluding hydrogens is 343 g/mol. The highest BCUT2D eigenvalue weighted by Gasteiger charge is 2.32. The standard InChI is InChI=1S/C18H23FN4O.ClH/c1-11-6-13(3)23(21-11)17-5-4-15(8-16(17)19)18(24)22-10-14(9-20)7-12(22)2;/h4-6,8,12,14H,7,9-10,20H2,1-3H3;1H. The van der Waals surface area contributed by atoms with Gasteiger partial charge in [-0.15, -0.1) is 12.4 Å². The van der Waals surface area contributed by atoms with Crippen molar-refractivity contribution in [2.75, 3.05) is 13.1 Å². The minimum atomic E-state index is -0.450. The summed E-state index contributed by atoms with van der Waals surface area (Å²) in [5.41, 5.74) is 8.11. The summed E-state index contributed by atoms with van der Waals surface area (Å²) in [6.45, 7) is 6.95. The molecule has 0 radical (unpaired) electrons. The number of amides is 1. The van der Waals surface area contributed by atoms with Gasteiger partial charge in [-0.1, -0.05) is 0 Å². The second-order valence-corrected chi connectivity index (χ2v) is 6.65. The monoisotopic (exact) mass is 366 g/mol. The molecule has 2 aromatic rings. The smallest absolute Gasteiger partial charge is 0.254 e. The molecule has 5 nitrogen and oxygen atoms in total. The summed E-state index contributed by atoms with van der Waals surface area (Å²) in [5.74, 6) is -0.269. The first-order valence-corrected chi connectivity index (χ1v) is 8.25. The normalized spacial score (nSPS) is 19.8. The Labute approximate surface area is 153 Å². The maximum atomic E-state index is 14.6. The Hall–Kier alpha value is -1.92. The van der Waals surface area contributed by atoms with E-state index in [1.807, 2.05) is 26.8 Å². The predicted octanol–water partition coefficient (Wildman–Crippen LogP) is 2.86. The van der Waals surface area contributed by atoms with Crippen molar-refractivity contribution < 1.29 is 9.18 Å². The highest BCUT2D eigenvalue weighted by molar-refractivity contribution is 5.94. The molecule has 2 heterocycles. The van der Waals surface area contributed by atoms with Gasteiger partial charge >= 0.3 is 0 Å². The molecule has 1 aliphatic rings. The lowest BCUT2D eigenvalue weighted by Gasteiger charge is -2.22. The first-order chi connectivity index (χ1) is 11.4. The largest absolute Gasteiger partial charge is 0.336 e. The third-order valence-electron chi connectivity index (χ3n) is 4.69. The first kappa shape index (κ1) is 19.4. The van der Waals surface area contributed by atoms with Crippen LogP contribution in [-0.4, -0.2) is 39.7 Å². The van der Waals surface area contributed by atoms with Gasteiger partial charge in [0.05, 0.1) is 5.69 Å². The Morgan fingerprint density at radius 2 is 2.08 bits per heavy atom. The van der Waals surface area contributed by atoms with E-state index in [2.05, 4.69) is 5.10 Å². The fourth-order valence-electron chi connectivity index (χ4n) is 3.45. The summed E-state index contributed by atoms with van der Waals surface area (Å²) < 4.78 is 16.1. The molecule has 7 heteroatoms. The Kier molecular flexibility index (Phi) is 5.85. The van der Waals surface area contributed by atoms with Crippen LogP contribution in [0.3, 0.4) is 0 Å². The Balaban J connectivity index is 0.00000225. The van der Waals surface area contributed by atoms with Crippen LogP contribution in [0.5, 0.6) is 0 Å². The lowest BCUT2D eigenvalue weighted by molar-refractivity contribution is 0.0743. The summed E-state index contributed by atoms with van der Waals surface area (Å²) in [6, 6.07) is 6.60. The molecule has 1 aromatic heterocycles. The van der Waals surface area contributed by atoms with Crippen LogP contribution >= 0.6 is 12.4 Å². The topological polar surface area (TPSA) is 64.2 Å². The number of nitrogens with two attached hydrogens (primary N) is 1. The number of nitrogens with zero attached hydrogens (tertiary/aromatic N) is 3. The van der Waals surface area contributed by atoms with Crippen molar-refractivity contribution in [1.29, 1.82) is 0 Å². The van der Waals surface area contributed by atoms with E-state index in [-0.39, 0.29) is 24.4 Å². The SMILES string of the molecule is Cc1cc(C)n(-c2ccc(C(=O)N3CC(CN)CC3C)cc2F)n1.Cl. The van der Waals surface area contributed by atoms with Gasteiger partial charge in [0.15, 0.2) is 0 Å². The van der Waals surface area contributed by atoms with E-state index in [1.54, 1.807) is 21.7 Å². The van der Waals surface area contributed by atoms with Crippen LogP contribution in [0.4, 0.5) is 4.39 Å². The van der Waals surface area contributed by atoms with Gasteiger partial charge in [-0.25, -0.2) is 9.07 Å². The third-order valence-corrected chi connectivity index (χ3v) is 4.69. The van der Waals surface area contributed by atoms with Gasteiger partial charge in [0.25, 0.3) is 5.91 Å².